The molecule has 1 heterocycles. The summed E-state index contributed by atoms with van der Waals surface area (Å²) < 4.78 is 0. The van der Waals surface area contributed by atoms with Crippen molar-refractivity contribution in [1.82, 2.24) is 5.32 Å². The number of nitrogen functional groups attached to an aromatic ring is 1. The Morgan fingerprint density at radius 1 is 1.42 bits per heavy atom. The van der Waals surface area contributed by atoms with Crippen molar-refractivity contribution in [2.45, 2.75) is 25.7 Å². The summed E-state index contributed by atoms with van der Waals surface area (Å²) in [5, 5.41) is 2.99. The number of rotatable bonds is 4. The molecule has 5 nitrogen and oxygen atoms in total. The van der Waals surface area contributed by atoms with Gasteiger partial charge in [-0.15, -0.1) is 0 Å². The molecule has 2 amide bonds. The van der Waals surface area contributed by atoms with Gasteiger partial charge in [-0.05, 0) is 50.2 Å². The Labute approximate surface area is 112 Å². The number of carbonyl (C=O) groups excluding carboxylic acids is 2. The van der Waals surface area contributed by atoms with Crippen LogP contribution in [-0.4, -0.2) is 25.4 Å². The van der Waals surface area contributed by atoms with E-state index < -0.39 is 0 Å². The monoisotopic (exact) mass is 261 g/mol. The second-order valence-corrected chi connectivity index (χ2v) is 4.72. The fraction of sp³-hybridized carbons (Fsp3) is 0.429. The molecule has 102 valence electrons. The number of carbonyl (C=O) groups is 2. The highest BCUT2D eigenvalue weighted by molar-refractivity contribution is 6.16. The maximum atomic E-state index is 12.2. The molecule has 0 saturated carbocycles. The van der Waals surface area contributed by atoms with Gasteiger partial charge in [0.25, 0.3) is 0 Å². The summed E-state index contributed by atoms with van der Waals surface area (Å²) in [5.74, 6) is -0.252. The number of fused-ring (bicyclic) bond motifs is 1. The average molecular weight is 261 g/mol. The van der Waals surface area contributed by atoms with Crippen molar-refractivity contribution in [3.63, 3.8) is 0 Å². The minimum absolute atomic E-state index is 0.119. The van der Waals surface area contributed by atoms with Crippen LogP contribution in [0, 0.1) is 0 Å². The van der Waals surface area contributed by atoms with Crippen LogP contribution in [0.3, 0.4) is 0 Å². The number of hydrogen-bond acceptors (Lipinski definition) is 4. The van der Waals surface area contributed by atoms with Crippen LogP contribution in [0.5, 0.6) is 0 Å². The molecular weight excluding hydrogens is 242 g/mol. The number of benzene rings is 1. The fourth-order valence-electron chi connectivity index (χ4n) is 2.31. The molecule has 1 aliphatic rings. The number of anilines is 2. The Bertz CT molecular complexity index is 499. The van der Waals surface area contributed by atoms with Crippen LogP contribution in [-0.2, 0) is 16.0 Å². The summed E-state index contributed by atoms with van der Waals surface area (Å²) >= 11 is 0. The van der Waals surface area contributed by atoms with Crippen LogP contribution in [0.1, 0.15) is 24.8 Å². The van der Waals surface area contributed by atoms with Gasteiger partial charge in [-0.25, -0.2) is 0 Å². The van der Waals surface area contributed by atoms with Gasteiger partial charge in [-0.3, -0.25) is 14.5 Å². The molecule has 0 atom stereocenters. The van der Waals surface area contributed by atoms with Crippen LogP contribution in [0.4, 0.5) is 11.4 Å². The molecule has 1 aliphatic heterocycles. The molecule has 19 heavy (non-hydrogen) atoms. The van der Waals surface area contributed by atoms with E-state index in [2.05, 4.69) is 5.32 Å². The molecule has 1 aromatic rings. The molecule has 5 heteroatoms. The Hall–Kier alpha value is -1.88. The lowest BCUT2D eigenvalue weighted by atomic mass is 10.00. The van der Waals surface area contributed by atoms with Crippen LogP contribution in [0.15, 0.2) is 18.2 Å². The van der Waals surface area contributed by atoms with Crippen molar-refractivity contribution < 1.29 is 9.59 Å². The van der Waals surface area contributed by atoms with E-state index in [1.165, 1.54) is 4.90 Å². The number of amides is 2. The lowest BCUT2D eigenvalue weighted by Crippen LogP contribution is -2.40. The van der Waals surface area contributed by atoms with Crippen molar-refractivity contribution >= 4 is 23.2 Å². The predicted octanol–water partition coefficient (Wildman–Crippen LogP) is 1.07. The third-order valence-corrected chi connectivity index (χ3v) is 3.27. The number of nitrogens with one attached hydrogen (secondary N) is 1. The zero-order valence-electron chi connectivity index (χ0n) is 11.1. The summed E-state index contributed by atoms with van der Waals surface area (Å²) in [6.07, 6.45) is 2.12. The highest BCUT2D eigenvalue weighted by Gasteiger charge is 2.28. The quantitative estimate of drug-likeness (QED) is 0.628. The Kier molecular flexibility index (Phi) is 4.16. The van der Waals surface area contributed by atoms with Crippen molar-refractivity contribution in [2.75, 3.05) is 24.2 Å². The average Bonchev–Trinajstić information content (AvgIpc) is 2.39. The maximum absolute atomic E-state index is 12.2. The fourth-order valence-corrected chi connectivity index (χ4v) is 2.31. The molecule has 0 unspecified atom stereocenters. The second-order valence-electron chi connectivity index (χ2n) is 4.72. The summed E-state index contributed by atoms with van der Waals surface area (Å²) in [4.78, 5) is 25.5. The predicted molar refractivity (Wildman–Crippen MR) is 74.8 cm³/mol. The van der Waals surface area contributed by atoms with Crippen molar-refractivity contribution in [3.05, 3.63) is 23.8 Å². The van der Waals surface area contributed by atoms with Gasteiger partial charge in [0.2, 0.25) is 11.8 Å². The van der Waals surface area contributed by atoms with Gasteiger partial charge in [-0.2, -0.15) is 0 Å². The van der Waals surface area contributed by atoms with E-state index in [0.717, 1.165) is 18.5 Å². The minimum atomic E-state index is -0.133. The summed E-state index contributed by atoms with van der Waals surface area (Å²) in [5.41, 5.74) is 8.07. The highest BCUT2D eigenvalue weighted by atomic mass is 16.2. The van der Waals surface area contributed by atoms with Crippen LogP contribution >= 0.6 is 0 Å². The van der Waals surface area contributed by atoms with Crippen molar-refractivity contribution in [3.8, 4) is 0 Å². The van der Waals surface area contributed by atoms with Gasteiger partial charge in [-0.1, -0.05) is 0 Å². The molecule has 0 saturated heterocycles. The van der Waals surface area contributed by atoms with Crippen molar-refractivity contribution in [1.29, 1.82) is 0 Å². The molecule has 0 bridgehead atoms. The lowest BCUT2D eigenvalue weighted by Gasteiger charge is -2.28. The maximum Gasteiger partial charge on any atom is 0.234 e. The third kappa shape index (κ3) is 2.93. The number of hydrogen-bond donors (Lipinski definition) is 2. The first-order valence-electron chi connectivity index (χ1n) is 6.52. The van der Waals surface area contributed by atoms with Gasteiger partial charge < -0.3 is 11.1 Å². The normalized spacial score (nSPS) is 14.4. The summed E-state index contributed by atoms with van der Waals surface area (Å²) in [6, 6.07) is 5.33. The highest BCUT2D eigenvalue weighted by Crippen LogP contribution is 2.30. The van der Waals surface area contributed by atoms with Gasteiger partial charge in [0.15, 0.2) is 0 Å². The number of nitrogens with two attached hydrogens (primary N) is 1. The topological polar surface area (TPSA) is 75.4 Å². The first kappa shape index (κ1) is 13.5. The molecule has 0 fully saturated rings. The molecule has 1 aromatic carbocycles. The first-order valence-corrected chi connectivity index (χ1v) is 6.52. The van der Waals surface area contributed by atoms with Crippen LogP contribution in [0.25, 0.3) is 0 Å². The lowest BCUT2D eigenvalue weighted by molar-refractivity contribution is -0.126. The van der Waals surface area contributed by atoms with E-state index >= 15 is 0 Å². The van der Waals surface area contributed by atoms with Gasteiger partial charge in [0.1, 0.15) is 0 Å². The Morgan fingerprint density at radius 3 is 2.95 bits per heavy atom. The first-order chi connectivity index (χ1) is 9.13. The van der Waals surface area contributed by atoms with Crippen molar-refractivity contribution in [2.24, 2.45) is 0 Å². The second kappa shape index (κ2) is 5.84. The van der Waals surface area contributed by atoms with Crippen LogP contribution in [0.2, 0.25) is 0 Å². The molecule has 0 aliphatic carbocycles. The van der Waals surface area contributed by atoms with Crippen LogP contribution < -0.4 is 16.0 Å². The van der Waals surface area contributed by atoms with Gasteiger partial charge >= 0.3 is 0 Å². The Balaban J connectivity index is 2.20. The minimum Gasteiger partial charge on any atom is -0.399 e. The SMILES string of the molecule is CNCCCC(=O)N1C(=O)CCc2cc(N)ccc21. The smallest absolute Gasteiger partial charge is 0.234 e. The van der Waals surface area contributed by atoms with E-state index in [1.807, 2.05) is 13.1 Å². The third-order valence-electron chi connectivity index (χ3n) is 3.27. The van der Waals surface area contributed by atoms with Gasteiger partial charge in [0.05, 0.1) is 5.69 Å². The van der Waals surface area contributed by atoms with E-state index in [9.17, 15) is 9.59 Å². The number of nitrogens with zero attached hydrogens (tertiary/aromatic N) is 1. The molecule has 3 N–H and O–H groups in total. The molecule has 0 radical (unpaired) electrons. The number of imide groups is 1. The molecule has 0 spiro atoms. The molecule has 0 aromatic heterocycles. The zero-order chi connectivity index (χ0) is 13.8. The number of aryl methyl sites for hydroxylation is 1. The van der Waals surface area contributed by atoms with E-state index in [1.54, 1.807) is 12.1 Å². The molecular formula is C14H19N3O2. The van der Waals surface area contributed by atoms with Gasteiger partial charge in [0, 0.05) is 18.5 Å². The van der Waals surface area contributed by atoms with E-state index in [-0.39, 0.29) is 11.8 Å². The summed E-state index contributed by atoms with van der Waals surface area (Å²) in [7, 11) is 1.84. The summed E-state index contributed by atoms with van der Waals surface area (Å²) in [6.45, 7) is 0.766. The van der Waals surface area contributed by atoms with E-state index in [4.69, 9.17) is 5.73 Å². The standard InChI is InChI=1S/C14H19N3O2/c1-16-8-2-3-13(18)17-12-6-5-11(15)9-10(12)4-7-14(17)19/h5-6,9,16H,2-4,7-8,15H2,1H3. The molecule has 2 rings (SSSR count). The Morgan fingerprint density at radius 2 is 2.21 bits per heavy atom. The zero-order valence-corrected chi connectivity index (χ0v) is 11.1. The largest absolute Gasteiger partial charge is 0.399 e. The van der Waals surface area contributed by atoms with E-state index in [0.29, 0.717) is 30.6 Å².